The Kier molecular flexibility index (Phi) is 1.34. The summed E-state index contributed by atoms with van der Waals surface area (Å²) in [4.78, 5) is 3.74. The summed E-state index contributed by atoms with van der Waals surface area (Å²) in [5.41, 5.74) is 0.498. The SMILES string of the molecule is [2H]c1ncnnc1C(C)(C)C. The third kappa shape index (κ3) is 1.50. The molecule has 0 saturated heterocycles. The van der Waals surface area contributed by atoms with Crippen molar-refractivity contribution in [1.29, 1.82) is 0 Å². The standard InChI is InChI=1S/C7H11N3/c1-7(2,3)6-4-8-5-9-10-6/h4-5H,1-3H3/i4D. The van der Waals surface area contributed by atoms with Gasteiger partial charge in [0, 0.05) is 5.41 Å². The van der Waals surface area contributed by atoms with Crippen molar-refractivity contribution in [3.63, 3.8) is 0 Å². The second-order valence-electron chi connectivity index (χ2n) is 3.17. The second-order valence-corrected chi connectivity index (χ2v) is 3.17. The summed E-state index contributed by atoms with van der Waals surface area (Å²) in [6, 6.07) is 0. The molecule has 0 bridgehead atoms. The average Bonchev–Trinajstić information content (AvgIpc) is 1.86. The van der Waals surface area contributed by atoms with Crippen LogP contribution in [-0.4, -0.2) is 15.2 Å². The van der Waals surface area contributed by atoms with Crippen molar-refractivity contribution < 1.29 is 1.37 Å². The predicted octanol–water partition coefficient (Wildman–Crippen LogP) is 1.17. The zero-order valence-electron chi connectivity index (χ0n) is 7.42. The Morgan fingerprint density at radius 1 is 1.50 bits per heavy atom. The molecule has 0 aliphatic carbocycles. The normalized spacial score (nSPS) is 12.9. The molecule has 1 aromatic rings. The van der Waals surface area contributed by atoms with Crippen molar-refractivity contribution in [3.8, 4) is 0 Å². The van der Waals surface area contributed by atoms with Crippen molar-refractivity contribution in [2.24, 2.45) is 0 Å². The highest BCUT2D eigenvalue weighted by molar-refractivity contribution is 5.04. The Morgan fingerprint density at radius 2 is 2.20 bits per heavy atom. The Labute approximate surface area is 61.9 Å². The summed E-state index contributed by atoms with van der Waals surface area (Å²) >= 11 is 0. The molecule has 0 fully saturated rings. The zero-order chi connectivity index (χ0) is 8.48. The lowest BCUT2D eigenvalue weighted by Gasteiger charge is -2.14. The minimum atomic E-state index is -0.141. The molecule has 3 nitrogen and oxygen atoms in total. The fraction of sp³-hybridized carbons (Fsp3) is 0.571. The van der Waals surface area contributed by atoms with Crippen molar-refractivity contribution >= 4 is 0 Å². The molecule has 1 rings (SSSR count). The highest BCUT2D eigenvalue weighted by Crippen LogP contribution is 2.16. The van der Waals surface area contributed by atoms with Crippen LogP contribution in [0.4, 0.5) is 0 Å². The van der Waals surface area contributed by atoms with Gasteiger partial charge in [-0.3, -0.25) is 0 Å². The molecule has 3 heteroatoms. The smallest absolute Gasteiger partial charge is 0.138 e. The first-order valence-corrected chi connectivity index (χ1v) is 3.16. The lowest BCUT2D eigenvalue weighted by Crippen LogP contribution is -2.14. The molecule has 1 aromatic heterocycles. The lowest BCUT2D eigenvalue weighted by atomic mass is 9.93. The van der Waals surface area contributed by atoms with E-state index >= 15 is 0 Å². The highest BCUT2D eigenvalue weighted by atomic mass is 15.1. The molecule has 0 aromatic carbocycles. The van der Waals surface area contributed by atoms with E-state index < -0.39 is 0 Å². The van der Waals surface area contributed by atoms with Gasteiger partial charge in [-0.15, -0.1) is 5.10 Å². The first-order valence-electron chi connectivity index (χ1n) is 3.66. The molecule has 0 aliphatic rings. The number of hydrogen-bond donors (Lipinski definition) is 0. The fourth-order valence-electron chi connectivity index (χ4n) is 0.539. The van der Waals surface area contributed by atoms with E-state index in [1.165, 1.54) is 6.33 Å². The van der Waals surface area contributed by atoms with Crippen LogP contribution in [0, 0.1) is 0 Å². The molecule has 1 heterocycles. The second kappa shape index (κ2) is 2.33. The lowest BCUT2D eigenvalue weighted by molar-refractivity contribution is 0.553. The van der Waals surface area contributed by atoms with Gasteiger partial charge in [-0.05, 0) is 0 Å². The van der Waals surface area contributed by atoms with E-state index in [2.05, 4.69) is 15.2 Å². The van der Waals surface area contributed by atoms with Crippen molar-refractivity contribution in [2.75, 3.05) is 0 Å². The maximum atomic E-state index is 7.41. The predicted molar refractivity (Wildman–Crippen MR) is 38.5 cm³/mol. The number of rotatable bonds is 0. The molecule has 0 aliphatic heterocycles. The topological polar surface area (TPSA) is 38.7 Å². The Hall–Kier alpha value is -0.990. The largest absolute Gasteiger partial charge is 0.241 e. The molecule has 0 atom stereocenters. The molecule has 0 saturated carbocycles. The van der Waals surface area contributed by atoms with Crippen LogP contribution in [0.5, 0.6) is 0 Å². The maximum absolute atomic E-state index is 7.41. The van der Waals surface area contributed by atoms with Crippen LogP contribution in [0.15, 0.2) is 12.5 Å². The first kappa shape index (κ1) is 5.77. The highest BCUT2D eigenvalue weighted by Gasteiger charge is 2.14. The third-order valence-corrected chi connectivity index (χ3v) is 1.15. The third-order valence-electron chi connectivity index (χ3n) is 1.15. The number of aromatic nitrogens is 3. The molecule has 0 spiro atoms. The monoisotopic (exact) mass is 138 g/mol. The van der Waals surface area contributed by atoms with Crippen molar-refractivity contribution in [2.45, 2.75) is 26.2 Å². The molecule has 0 radical (unpaired) electrons. The van der Waals surface area contributed by atoms with E-state index in [1.807, 2.05) is 20.8 Å². The van der Waals surface area contributed by atoms with Crippen molar-refractivity contribution in [3.05, 3.63) is 18.2 Å². The van der Waals surface area contributed by atoms with Crippen LogP contribution in [0.2, 0.25) is 0 Å². The summed E-state index contributed by atoms with van der Waals surface area (Å²) in [5.74, 6) is 0. The number of nitrogens with zero attached hydrogens (tertiary/aromatic N) is 3. The van der Waals surface area contributed by atoms with Gasteiger partial charge in [0.1, 0.15) is 6.33 Å². The van der Waals surface area contributed by atoms with Gasteiger partial charge >= 0.3 is 0 Å². The minimum Gasteiger partial charge on any atom is -0.241 e. The van der Waals surface area contributed by atoms with Gasteiger partial charge in [-0.1, -0.05) is 20.8 Å². The van der Waals surface area contributed by atoms with Gasteiger partial charge in [0.05, 0.1) is 13.2 Å². The van der Waals surface area contributed by atoms with Gasteiger partial charge < -0.3 is 0 Å². The van der Waals surface area contributed by atoms with E-state index in [9.17, 15) is 0 Å². The molecule has 10 heavy (non-hydrogen) atoms. The zero-order valence-corrected chi connectivity index (χ0v) is 6.42. The Balaban J connectivity index is 3.14. The Bertz CT molecular complexity index is 254. The van der Waals surface area contributed by atoms with Gasteiger partial charge in [0.25, 0.3) is 0 Å². The summed E-state index contributed by atoms with van der Waals surface area (Å²) < 4.78 is 7.41. The van der Waals surface area contributed by atoms with Crippen LogP contribution in [0.3, 0.4) is 0 Å². The van der Waals surface area contributed by atoms with Crippen LogP contribution < -0.4 is 0 Å². The molecule has 54 valence electrons. The molecule has 0 N–H and O–H groups in total. The average molecular weight is 138 g/mol. The van der Waals surface area contributed by atoms with Crippen LogP contribution in [0.25, 0.3) is 0 Å². The van der Waals surface area contributed by atoms with Crippen LogP contribution in [0.1, 0.15) is 27.8 Å². The summed E-state index contributed by atoms with van der Waals surface area (Å²) in [7, 11) is 0. The minimum absolute atomic E-state index is 0.141. The van der Waals surface area contributed by atoms with Crippen LogP contribution in [-0.2, 0) is 5.41 Å². The summed E-state index contributed by atoms with van der Waals surface area (Å²) in [5, 5.41) is 7.48. The van der Waals surface area contributed by atoms with Crippen molar-refractivity contribution in [1.82, 2.24) is 15.2 Å². The first-order chi connectivity index (χ1) is 5.02. The van der Waals surface area contributed by atoms with Gasteiger partial charge in [0.2, 0.25) is 0 Å². The maximum Gasteiger partial charge on any atom is 0.138 e. The summed E-state index contributed by atoms with van der Waals surface area (Å²) in [6.07, 6.45) is 1.50. The van der Waals surface area contributed by atoms with E-state index in [4.69, 9.17) is 1.37 Å². The Morgan fingerprint density at radius 3 is 2.60 bits per heavy atom. The van der Waals surface area contributed by atoms with E-state index in [0.29, 0.717) is 5.69 Å². The van der Waals surface area contributed by atoms with E-state index in [-0.39, 0.29) is 11.6 Å². The van der Waals surface area contributed by atoms with E-state index in [0.717, 1.165) is 0 Å². The summed E-state index contributed by atoms with van der Waals surface area (Å²) in [6.45, 7) is 5.95. The fourth-order valence-corrected chi connectivity index (χ4v) is 0.539. The van der Waals surface area contributed by atoms with E-state index in [1.54, 1.807) is 0 Å². The molecular formula is C7H11N3. The molecular weight excluding hydrogens is 126 g/mol. The molecule has 0 amide bonds. The van der Waals surface area contributed by atoms with Gasteiger partial charge in [0.15, 0.2) is 0 Å². The van der Waals surface area contributed by atoms with Gasteiger partial charge in [-0.25, -0.2) is 4.98 Å². The van der Waals surface area contributed by atoms with Crippen LogP contribution >= 0.6 is 0 Å². The number of hydrogen-bond acceptors (Lipinski definition) is 3. The molecule has 0 unspecified atom stereocenters. The quantitative estimate of drug-likeness (QED) is 0.540. The van der Waals surface area contributed by atoms with Gasteiger partial charge in [-0.2, -0.15) is 5.10 Å².